The fourth-order valence-corrected chi connectivity index (χ4v) is 3.84. The molecule has 0 bridgehead atoms. The van der Waals surface area contributed by atoms with Crippen LogP contribution in [0.3, 0.4) is 0 Å². The van der Waals surface area contributed by atoms with Crippen LogP contribution in [0.4, 0.5) is 0 Å². The minimum absolute atomic E-state index is 0.130. The average molecular weight is 287 g/mol. The summed E-state index contributed by atoms with van der Waals surface area (Å²) in [6.45, 7) is 2.15. The Kier molecular flexibility index (Phi) is 3.80. The van der Waals surface area contributed by atoms with Gasteiger partial charge in [-0.3, -0.25) is 4.79 Å². The van der Waals surface area contributed by atoms with Crippen molar-refractivity contribution >= 4 is 23.0 Å². The van der Waals surface area contributed by atoms with Crippen LogP contribution in [0.5, 0.6) is 0 Å². The van der Waals surface area contributed by atoms with Gasteiger partial charge >= 0.3 is 0 Å². The van der Waals surface area contributed by atoms with Crippen molar-refractivity contribution in [1.29, 1.82) is 0 Å². The van der Waals surface area contributed by atoms with Gasteiger partial charge in [0.2, 0.25) is 0 Å². The van der Waals surface area contributed by atoms with Gasteiger partial charge in [-0.15, -0.1) is 0 Å². The van der Waals surface area contributed by atoms with Gasteiger partial charge in [-0.1, -0.05) is 60.0 Å². The van der Waals surface area contributed by atoms with Crippen LogP contribution in [0.15, 0.2) is 47.0 Å². The van der Waals surface area contributed by atoms with Crippen molar-refractivity contribution in [2.24, 2.45) is 11.8 Å². The number of carbonyl (C=O) groups excluding carboxylic acids is 1. The molecule has 1 saturated carbocycles. The number of ketones is 1. The second kappa shape index (κ2) is 5.57. The Labute approximate surface area is 125 Å². The maximum Gasteiger partial charge on any atom is 0.178 e. The van der Waals surface area contributed by atoms with Crippen LogP contribution in [0.1, 0.15) is 38.2 Å². The fraction of sp³-hybridized carbons (Fsp3) is 0.389. The quantitative estimate of drug-likeness (QED) is 0.712. The van der Waals surface area contributed by atoms with E-state index in [0.717, 1.165) is 36.8 Å². The van der Waals surface area contributed by atoms with Crippen molar-refractivity contribution < 1.29 is 4.79 Å². The summed E-state index contributed by atoms with van der Waals surface area (Å²) in [4.78, 5) is 12.7. The summed E-state index contributed by atoms with van der Waals surface area (Å²) in [6, 6.07) is 9.98. The van der Waals surface area contributed by atoms with E-state index in [1.807, 2.05) is 30.3 Å². The molecule has 0 N–H and O–H groups in total. The van der Waals surface area contributed by atoms with Crippen LogP contribution in [0.25, 0.3) is 5.57 Å². The molecule has 1 aromatic carbocycles. The molecule has 2 aliphatic rings. The highest BCUT2D eigenvalue weighted by Gasteiger charge is 2.35. The third-order valence-electron chi connectivity index (χ3n) is 4.51. The zero-order valence-electron chi connectivity index (χ0n) is 11.7. The second-order valence-corrected chi connectivity index (χ2v) is 6.33. The highest BCUT2D eigenvalue weighted by atomic mass is 35.5. The molecular weight excluding hydrogens is 268 g/mol. The van der Waals surface area contributed by atoms with Gasteiger partial charge in [0.1, 0.15) is 0 Å². The Hall–Kier alpha value is -1.34. The van der Waals surface area contributed by atoms with E-state index in [4.69, 9.17) is 11.6 Å². The van der Waals surface area contributed by atoms with E-state index in [2.05, 4.69) is 13.0 Å². The van der Waals surface area contributed by atoms with E-state index in [1.54, 1.807) is 0 Å². The summed E-state index contributed by atoms with van der Waals surface area (Å²) >= 11 is 6.46. The lowest BCUT2D eigenvalue weighted by Gasteiger charge is -2.22. The highest BCUT2D eigenvalue weighted by Crippen LogP contribution is 2.42. The molecule has 0 spiro atoms. The smallest absolute Gasteiger partial charge is 0.178 e. The number of fused-ring (bicyclic) bond motifs is 1. The molecule has 0 saturated heterocycles. The first kappa shape index (κ1) is 13.6. The van der Waals surface area contributed by atoms with E-state index in [0.29, 0.717) is 11.0 Å². The number of hydrogen-bond acceptors (Lipinski definition) is 1. The monoisotopic (exact) mass is 286 g/mol. The lowest BCUT2D eigenvalue weighted by atomic mass is 9.83. The lowest BCUT2D eigenvalue weighted by molar-refractivity contribution is -0.119. The molecule has 2 atom stereocenters. The van der Waals surface area contributed by atoms with Crippen molar-refractivity contribution in [1.82, 2.24) is 0 Å². The van der Waals surface area contributed by atoms with Crippen molar-refractivity contribution in [3.8, 4) is 0 Å². The van der Waals surface area contributed by atoms with Gasteiger partial charge < -0.3 is 0 Å². The van der Waals surface area contributed by atoms with E-state index in [9.17, 15) is 4.79 Å². The van der Waals surface area contributed by atoms with E-state index < -0.39 is 0 Å². The molecule has 0 radical (unpaired) electrons. The fourth-order valence-electron chi connectivity index (χ4n) is 3.53. The van der Waals surface area contributed by atoms with Crippen molar-refractivity contribution in [2.45, 2.75) is 32.6 Å². The first-order chi connectivity index (χ1) is 9.66. The summed E-state index contributed by atoms with van der Waals surface area (Å²) in [7, 11) is 0. The van der Waals surface area contributed by atoms with Crippen LogP contribution in [0, 0.1) is 11.8 Å². The molecule has 3 rings (SSSR count). The van der Waals surface area contributed by atoms with Crippen LogP contribution >= 0.6 is 11.6 Å². The zero-order valence-corrected chi connectivity index (χ0v) is 12.5. The lowest BCUT2D eigenvalue weighted by Crippen LogP contribution is -2.21. The molecule has 2 aliphatic carbocycles. The molecule has 20 heavy (non-hydrogen) atoms. The number of benzene rings is 1. The van der Waals surface area contributed by atoms with E-state index >= 15 is 0 Å². The minimum Gasteiger partial charge on any atom is -0.293 e. The normalized spacial score (nSPS) is 33.1. The second-order valence-electron chi connectivity index (χ2n) is 5.95. The number of rotatable bonds is 1. The topological polar surface area (TPSA) is 17.1 Å². The number of Topliss-reactive ketones (excluding diaryl/α,β-unsaturated/α-hetero) is 1. The summed E-state index contributed by atoms with van der Waals surface area (Å²) in [5, 5.41) is 0.423. The summed E-state index contributed by atoms with van der Waals surface area (Å²) < 4.78 is 0. The predicted molar refractivity (Wildman–Crippen MR) is 83.4 cm³/mol. The average Bonchev–Trinajstić information content (AvgIpc) is 2.91. The molecule has 1 fully saturated rings. The Morgan fingerprint density at radius 2 is 1.90 bits per heavy atom. The van der Waals surface area contributed by atoms with E-state index in [1.165, 1.54) is 5.57 Å². The first-order valence-corrected chi connectivity index (χ1v) is 7.71. The molecule has 0 aromatic heterocycles. The highest BCUT2D eigenvalue weighted by molar-refractivity contribution is 6.46. The maximum atomic E-state index is 12.7. The minimum atomic E-state index is 0.130. The molecule has 0 amide bonds. The SMILES string of the molecule is C/C1=C/C(c2ccccc2)=C(/Cl)C(=O)[C@H]2CCC[C@H]2C1. The summed E-state index contributed by atoms with van der Waals surface area (Å²) in [6.07, 6.45) is 6.43. The number of hydrogen-bond donors (Lipinski definition) is 0. The zero-order chi connectivity index (χ0) is 14.1. The predicted octanol–water partition coefficient (Wildman–Crippen LogP) is 4.97. The van der Waals surface area contributed by atoms with Crippen LogP contribution in [-0.4, -0.2) is 5.78 Å². The molecule has 1 nitrogen and oxygen atoms in total. The van der Waals surface area contributed by atoms with Crippen molar-refractivity contribution in [2.75, 3.05) is 0 Å². The standard InChI is InChI=1S/C18H19ClO/c1-12-10-14-8-5-9-15(14)18(20)17(19)16(11-12)13-6-3-2-4-7-13/h2-4,6-7,11,14-15H,5,8-10H2,1H3/b12-11-,17-16-/t14-,15-/m0/s1. The van der Waals surface area contributed by atoms with Crippen LogP contribution in [0.2, 0.25) is 0 Å². The molecule has 0 unspecified atom stereocenters. The molecule has 1 aromatic rings. The molecule has 104 valence electrons. The van der Waals surface area contributed by atoms with Gasteiger partial charge in [0.25, 0.3) is 0 Å². The largest absolute Gasteiger partial charge is 0.293 e. The Morgan fingerprint density at radius 1 is 1.15 bits per heavy atom. The molecule has 0 aliphatic heterocycles. The Balaban J connectivity index is 2.09. The maximum absolute atomic E-state index is 12.7. The van der Waals surface area contributed by atoms with Gasteiger partial charge in [-0.05, 0) is 37.7 Å². The van der Waals surface area contributed by atoms with Gasteiger partial charge in [0, 0.05) is 11.5 Å². The third kappa shape index (κ3) is 2.47. The molecule has 0 heterocycles. The van der Waals surface area contributed by atoms with Crippen molar-refractivity contribution in [3.63, 3.8) is 0 Å². The summed E-state index contributed by atoms with van der Waals surface area (Å²) in [5.74, 6) is 0.770. The van der Waals surface area contributed by atoms with Gasteiger partial charge in [-0.25, -0.2) is 0 Å². The van der Waals surface area contributed by atoms with Gasteiger partial charge in [0.05, 0.1) is 5.03 Å². The van der Waals surface area contributed by atoms with E-state index in [-0.39, 0.29) is 11.7 Å². The third-order valence-corrected chi connectivity index (χ3v) is 4.90. The van der Waals surface area contributed by atoms with Gasteiger partial charge in [-0.2, -0.15) is 0 Å². The molecular formula is C18H19ClO. The number of allylic oxidation sites excluding steroid dienone is 4. The van der Waals surface area contributed by atoms with Crippen LogP contribution < -0.4 is 0 Å². The van der Waals surface area contributed by atoms with Crippen LogP contribution in [-0.2, 0) is 4.79 Å². The van der Waals surface area contributed by atoms with Gasteiger partial charge in [0.15, 0.2) is 5.78 Å². The molecule has 2 heteroatoms. The number of carbonyl (C=O) groups is 1. The van der Waals surface area contributed by atoms with Crippen molar-refractivity contribution in [3.05, 3.63) is 52.6 Å². The Morgan fingerprint density at radius 3 is 2.65 bits per heavy atom. The Bertz CT molecular complexity index is 583. The first-order valence-electron chi connectivity index (χ1n) is 7.33. The summed E-state index contributed by atoms with van der Waals surface area (Å²) in [5.41, 5.74) is 3.24. The number of halogens is 1.